The molecule has 3 N–H and O–H groups in total. The lowest BCUT2D eigenvalue weighted by Crippen LogP contribution is -2.36. The zero-order chi connectivity index (χ0) is 14.5. The SMILES string of the molecule is CCC(C)Oc1cccc(NC(=O)CC(C)(C)N)c1. The lowest BCUT2D eigenvalue weighted by Gasteiger charge is -2.18. The lowest BCUT2D eigenvalue weighted by atomic mass is 10.0. The van der Waals surface area contributed by atoms with Gasteiger partial charge in [0.15, 0.2) is 0 Å². The van der Waals surface area contributed by atoms with Gasteiger partial charge in [-0.1, -0.05) is 13.0 Å². The molecular formula is C15H24N2O2. The van der Waals surface area contributed by atoms with Crippen molar-refractivity contribution in [2.45, 2.75) is 52.2 Å². The first-order valence-electron chi connectivity index (χ1n) is 6.65. The van der Waals surface area contributed by atoms with E-state index >= 15 is 0 Å². The van der Waals surface area contributed by atoms with Gasteiger partial charge in [-0.3, -0.25) is 4.79 Å². The van der Waals surface area contributed by atoms with Crippen molar-refractivity contribution in [3.05, 3.63) is 24.3 Å². The molecule has 0 aliphatic carbocycles. The second-order valence-corrected chi connectivity index (χ2v) is 5.58. The molecule has 0 heterocycles. The van der Waals surface area contributed by atoms with E-state index in [1.807, 2.05) is 45.0 Å². The molecule has 0 fully saturated rings. The highest BCUT2D eigenvalue weighted by molar-refractivity contribution is 5.91. The van der Waals surface area contributed by atoms with Crippen LogP contribution in [0.5, 0.6) is 5.75 Å². The molecule has 0 spiro atoms. The quantitative estimate of drug-likeness (QED) is 0.830. The van der Waals surface area contributed by atoms with E-state index in [-0.39, 0.29) is 18.4 Å². The van der Waals surface area contributed by atoms with E-state index in [0.717, 1.165) is 17.9 Å². The number of hydrogen-bond donors (Lipinski definition) is 2. The Morgan fingerprint density at radius 2 is 2.16 bits per heavy atom. The molecular weight excluding hydrogens is 240 g/mol. The number of ether oxygens (including phenoxy) is 1. The summed E-state index contributed by atoms with van der Waals surface area (Å²) in [6.45, 7) is 7.74. The van der Waals surface area contributed by atoms with Gasteiger partial charge in [-0.25, -0.2) is 0 Å². The standard InChI is InChI=1S/C15H24N2O2/c1-5-11(2)19-13-8-6-7-12(9-13)17-14(18)10-15(3,4)16/h6-9,11H,5,10,16H2,1-4H3,(H,17,18). The third kappa shape index (κ3) is 6.25. The van der Waals surface area contributed by atoms with Crippen LogP contribution in [0.3, 0.4) is 0 Å². The van der Waals surface area contributed by atoms with Crippen LogP contribution in [-0.2, 0) is 4.79 Å². The number of benzene rings is 1. The summed E-state index contributed by atoms with van der Waals surface area (Å²) in [5.41, 5.74) is 6.04. The first-order chi connectivity index (χ1) is 8.80. The number of nitrogens with one attached hydrogen (secondary N) is 1. The van der Waals surface area contributed by atoms with Crippen LogP contribution >= 0.6 is 0 Å². The number of nitrogens with two attached hydrogens (primary N) is 1. The van der Waals surface area contributed by atoms with Crippen LogP contribution in [-0.4, -0.2) is 17.6 Å². The van der Waals surface area contributed by atoms with Crippen LogP contribution in [0.2, 0.25) is 0 Å². The van der Waals surface area contributed by atoms with E-state index in [9.17, 15) is 4.79 Å². The molecule has 1 aromatic rings. The summed E-state index contributed by atoms with van der Waals surface area (Å²) in [6.07, 6.45) is 1.38. The predicted octanol–water partition coefficient (Wildman–Crippen LogP) is 2.93. The fourth-order valence-electron chi connectivity index (χ4n) is 1.58. The van der Waals surface area contributed by atoms with Gasteiger partial charge in [0.2, 0.25) is 5.91 Å². The van der Waals surface area contributed by atoms with Crippen molar-refractivity contribution in [3.63, 3.8) is 0 Å². The van der Waals surface area contributed by atoms with Crippen LogP contribution in [0.15, 0.2) is 24.3 Å². The van der Waals surface area contributed by atoms with E-state index in [1.54, 1.807) is 0 Å². The predicted molar refractivity (Wildman–Crippen MR) is 78.3 cm³/mol. The molecule has 0 aromatic heterocycles. The summed E-state index contributed by atoms with van der Waals surface area (Å²) in [5.74, 6) is 0.673. The Hall–Kier alpha value is -1.55. The molecule has 1 rings (SSSR count). The Morgan fingerprint density at radius 3 is 2.74 bits per heavy atom. The van der Waals surface area contributed by atoms with Gasteiger partial charge in [0.05, 0.1) is 6.10 Å². The average Bonchev–Trinajstić information content (AvgIpc) is 2.26. The minimum atomic E-state index is -0.505. The van der Waals surface area contributed by atoms with Crippen LogP contribution in [0.4, 0.5) is 5.69 Å². The highest BCUT2D eigenvalue weighted by atomic mass is 16.5. The van der Waals surface area contributed by atoms with Crippen molar-refractivity contribution in [2.75, 3.05) is 5.32 Å². The Bertz CT molecular complexity index is 424. The van der Waals surface area contributed by atoms with Crippen LogP contribution in [0, 0.1) is 0 Å². The first kappa shape index (κ1) is 15.5. The number of carbonyl (C=O) groups is 1. The molecule has 4 heteroatoms. The third-order valence-corrected chi connectivity index (χ3v) is 2.65. The largest absolute Gasteiger partial charge is 0.491 e. The van der Waals surface area contributed by atoms with E-state index in [1.165, 1.54) is 0 Å². The summed E-state index contributed by atoms with van der Waals surface area (Å²) in [7, 11) is 0. The van der Waals surface area contributed by atoms with Gasteiger partial charge in [0.25, 0.3) is 0 Å². The highest BCUT2D eigenvalue weighted by Crippen LogP contribution is 2.19. The van der Waals surface area contributed by atoms with E-state index < -0.39 is 5.54 Å². The van der Waals surface area contributed by atoms with E-state index in [0.29, 0.717) is 0 Å². The summed E-state index contributed by atoms with van der Waals surface area (Å²) in [6, 6.07) is 7.41. The van der Waals surface area contributed by atoms with Gasteiger partial charge in [-0.15, -0.1) is 0 Å². The fraction of sp³-hybridized carbons (Fsp3) is 0.533. The molecule has 0 bridgehead atoms. The van der Waals surface area contributed by atoms with Gasteiger partial charge in [0.1, 0.15) is 5.75 Å². The minimum absolute atomic E-state index is 0.0896. The maximum absolute atomic E-state index is 11.8. The lowest BCUT2D eigenvalue weighted by molar-refractivity contribution is -0.117. The van der Waals surface area contributed by atoms with E-state index in [2.05, 4.69) is 12.2 Å². The van der Waals surface area contributed by atoms with Gasteiger partial charge in [-0.05, 0) is 39.3 Å². The van der Waals surface area contributed by atoms with Crippen molar-refractivity contribution < 1.29 is 9.53 Å². The molecule has 0 aliphatic rings. The molecule has 106 valence electrons. The maximum Gasteiger partial charge on any atom is 0.226 e. The third-order valence-electron chi connectivity index (χ3n) is 2.65. The normalized spacial score (nSPS) is 12.9. The highest BCUT2D eigenvalue weighted by Gasteiger charge is 2.16. The molecule has 1 aromatic carbocycles. The number of carbonyl (C=O) groups excluding carboxylic acids is 1. The Morgan fingerprint density at radius 1 is 1.47 bits per heavy atom. The maximum atomic E-state index is 11.8. The van der Waals surface area contributed by atoms with Crippen LogP contribution in [0.1, 0.15) is 40.5 Å². The fourth-order valence-corrected chi connectivity index (χ4v) is 1.58. The molecule has 0 saturated carbocycles. The Kier molecular flexibility index (Phi) is 5.36. The van der Waals surface area contributed by atoms with Crippen molar-refractivity contribution in [2.24, 2.45) is 5.73 Å². The Balaban J connectivity index is 2.64. The molecule has 1 amide bonds. The second-order valence-electron chi connectivity index (χ2n) is 5.58. The van der Waals surface area contributed by atoms with Crippen molar-refractivity contribution in [1.82, 2.24) is 0 Å². The van der Waals surface area contributed by atoms with E-state index in [4.69, 9.17) is 10.5 Å². The topological polar surface area (TPSA) is 64.3 Å². The van der Waals surface area contributed by atoms with Crippen molar-refractivity contribution >= 4 is 11.6 Å². The number of hydrogen-bond acceptors (Lipinski definition) is 3. The molecule has 1 unspecified atom stereocenters. The molecule has 4 nitrogen and oxygen atoms in total. The summed E-state index contributed by atoms with van der Waals surface area (Å²) < 4.78 is 5.71. The number of amides is 1. The number of anilines is 1. The van der Waals surface area contributed by atoms with Crippen molar-refractivity contribution in [3.8, 4) is 5.75 Å². The average molecular weight is 264 g/mol. The summed E-state index contributed by atoms with van der Waals surface area (Å²) in [4.78, 5) is 11.8. The minimum Gasteiger partial charge on any atom is -0.491 e. The smallest absolute Gasteiger partial charge is 0.226 e. The van der Waals surface area contributed by atoms with Crippen LogP contribution < -0.4 is 15.8 Å². The van der Waals surface area contributed by atoms with Crippen molar-refractivity contribution in [1.29, 1.82) is 0 Å². The molecule has 19 heavy (non-hydrogen) atoms. The number of rotatable bonds is 6. The Labute approximate surface area is 115 Å². The molecule has 0 aliphatic heterocycles. The van der Waals surface area contributed by atoms with Gasteiger partial charge >= 0.3 is 0 Å². The van der Waals surface area contributed by atoms with Gasteiger partial charge in [-0.2, -0.15) is 0 Å². The first-order valence-corrected chi connectivity index (χ1v) is 6.65. The summed E-state index contributed by atoms with van der Waals surface area (Å²) >= 11 is 0. The molecule has 0 radical (unpaired) electrons. The zero-order valence-electron chi connectivity index (χ0n) is 12.2. The summed E-state index contributed by atoms with van der Waals surface area (Å²) in [5, 5.41) is 2.83. The monoisotopic (exact) mass is 264 g/mol. The zero-order valence-corrected chi connectivity index (χ0v) is 12.2. The second kappa shape index (κ2) is 6.57. The molecule has 0 saturated heterocycles. The van der Waals surface area contributed by atoms with Gasteiger partial charge < -0.3 is 15.8 Å². The van der Waals surface area contributed by atoms with Crippen LogP contribution in [0.25, 0.3) is 0 Å². The van der Waals surface area contributed by atoms with Gasteiger partial charge in [0, 0.05) is 23.7 Å². The molecule has 1 atom stereocenters.